The molecule has 5 rings (SSSR count). The monoisotopic (exact) mass is 417 g/mol. The third kappa shape index (κ3) is 3.40. The lowest BCUT2D eigenvalue weighted by Crippen LogP contribution is -2.35. The molecule has 9 heteroatoms. The van der Waals surface area contributed by atoms with Gasteiger partial charge in [0.1, 0.15) is 12.4 Å². The molecule has 2 aliphatic rings. The molecule has 0 spiro atoms. The summed E-state index contributed by atoms with van der Waals surface area (Å²) in [6.45, 7) is 0.946. The van der Waals surface area contributed by atoms with Gasteiger partial charge in [-0.25, -0.2) is 4.98 Å². The Morgan fingerprint density at radius 2 is 1.97 bits per heavy atom. The summed E-state index contributed by atoms with van der Waals surface area (Å²) < 4.78 is 42.8. The van der Waals surface area contributed by atoms with Gasteiger partial charge < -0.3 is 0 Å². The number of rotatable bonds is 4. The molecule has 1 saturated heterocycles. The van der Waals surface area contributed by atoms with Gasteiger partial charge in [-0.2, -0.15) is 18.3 Å². The number of hydrogen-bond acceptors (Lipinski definition) is 4. The molecular formula is C21H22F3N5O. The zero-order chi connectivity index (χ0) is 20.9. The smallest absolute Gasteiger partial charge is 0.289 e. The first-order valence-electron chi connectivity index (χ1n) is 10.2. The van der Waals surface area contributed by atoms with Crippen LogP contribution in [0.25, 0.3) is 10.9 Å². The Hall–Kier alpha value is -2.68. The minimum absolute atomic E-state index is 0.206. The number of halogens is 3. The quantitative estimate of drug-likeness (QED) is 0.653. The van der Waals surface area contributed by atoms with E-state index in [2.05, 4.69) is 15.0 Å². The van der Waals surface area contributed by atoms with E-state index in [0.29, 0.717) is 18.5 Å². The summed E-state index contributed by atoms with van der Waals surface area (Å²) in [5.74, 6) is 0.206. The summed E-state index contributed by atoms with van der Waals surface area (Å²) >= 11 is 0. The number of para-hydroxylation sites is 1. The van der Waals surface area contributed by atoms with Crippen molar-refractivity contribution in [2.75, 3.05) is 6.54 Å². The van der Waals surface area contributed by atoms with E-state index < -0.39 is 18.3 Å². The number of fused-ring (bicyclic) bond motifs is 2. The van der Waals surface area contributed by atoms with Crippen LogP contribution in [0.15, 0.2) is 35.3 Å². The standard InChI is InChI=1S/C21H22F3N5O/c22-21(23,24)13-28-19(26-16-6-2-1-5-15(16)20(28)30)18-8-3-9-27(18)12-14-11-25-29-10-4-7-17(14)29/h1-2,5-6,11,18H,3-4,7-10,12-13H2. The summed E-state index contributed by atoms with van der Waals surface area (Å²) in [6, 6.07) is 6.27. The van der Waals surface area contributed by atoms with Gasteiger partial charge in [0.15, 0.2) is 0 Å². The summed E-state index contributed by atoms with van der Waals surface area (Å²) in [5.41, 5.74) is 2.13. The van der Waals surface area contributed by atoms with Crippen LogP contribution in [0.1, 0.15) is 42.4 Å². The second-order valence-corrected chi connectivity index (χ2v) is 8.07. The van der Waals surface area contributed by atoms with E-state index in [0.717, 1.165) is 42.5 Å². The predicted molar refractivity (Wildman–Crippen MR) is 105 cm³/mol. The van der Waals surface area contributed by atoms with Crippen LogP contribution >= 0.6 is 0 Å². The lowest BCUT2D eigenvalue weighted by molar-refractivity contribution is -0.142. The molecule has 6 nitrogen and oxygen atoms in total. The summed E-state index contributed by atoms with van der Waals surface area (Å²) in [6.07, 6.45) is 0.923. The van der Waals surface area contributed by atoms with E-state index >= 15 is 0 Å². The molecule has 1 atom stereocenters. The number of nitrogens with zero attached hydrogens (tertiary/aromatic N) is 5. The summed E-state index contributed by atoms with van der Waals surface area (Å²) in [5, 5.41) is 4.64. The fraction of sp³-hybridized carbons (Fsp3) is 0.476. The van der Waals surface area contributed by atoms with Crippen molar-refractivity contribution in [2.24, 2.45) is 0 Å². The molecule has 0 amide bonds. The van der Waals surface area contributed by atoms with Crippen LogP contribution in [0.4, 0.5) is 13.2 Å². The zero-order valence-electron chi connectivity index (χ0n) is 16.4. The number of aromatic nitrogens is 4. The van der Waals surface area contributed by atoms with Crippen molar-refractivity contribution >= 4 is 10.9 Å². The van der Waals surface area contributed by atoms with Crippen LogP contribution in [-0.2, 0) is 26.1 Å². The molecule has 0 N–H and O–H groups in total. The molecule has 3 aromatic rings. The van der Waals surface area contributed by atoms with Crippen molar-refractivity contribution in [2.45, 2.75) is 57.5 Å². The molecule has 2 aromatic heterocycles. The minimum atomic E-state index is -4.50. The Kier molecular flexibility index (Phi) is 4.65. The van der Waals surface area contributed by atoms with Crippen molar-refractivity contribution in [1.29, 1.82) is 0 Å². The van der Waals surface area contributed by atoms with Crippen molar-refractivity contribution in [3.63, 3.8) is 0 Å². The third-order valence-electron chi connectivity index (χ3n) is 6.08. The van der Waals surface area contributed by atoms with Crippen molar-refractivity contribution in [3.8, 4) is 0 Å². The first-order valence-corrected chi connectivity index (χ1v) is 10.2. The minimum Gasteiger partial charge on any atom is -0.289 e. The van der Waals surface area contributed by atoms with Gasteiger partial charge in [0.05, 0.1) is 23.1 Å². The van der Waals surface area contributed by atoms with E-state index in [-0.39, 0.29) is 17.3 Å². The van der Waals surface area contributed by atoms with Crippen molar-refractivity contribution in [1.82, 2.24) is 24.2 Å². The van der Waals surface area contributed by atoms with E-state index in [4.69, 9.17) is 0 Å². The maximum Gasteiger partial charge on any atom is 0.406 e. The van der Waals surface area contributed by atoms with E-state index in [1.54, 1.807) is 18.2 Å². The van der Waals surface area contributed by atoms with Crippen LogP contribution < -0.4 is 5.56 Å². The number of hydrogen-bond donors (Lipinski definition) is 0. The molecular weight excluding hydrogens is 395 g/mol. The molecule has 1 fully saturated rings. The first-order chi connectivity index (χ1) is 14.4. The van der Waals surface area contributed by atoms with Crippen LogP contribution in [0.5, 0.6) is 0 Å². The highest BCUT2D eigenvalue weighted by Gasteiger charge is 2.35. The Labute approximate surface area is 170 Å². The Bertz CT molecular complexity index is 1150. The predicted octanol–water partition coefficient (Wildman–Crippen LogP) is 3.44. The second kappa shape index (κ2) is 7.23. The Morgan fingerprint density at radius 3 is 2.80 bits per heavy atom. The van der Waals surface area contributed by atoms with Crippen LogP contribution in [0.3, 0.4) is 0 Å². The molecule has 0 saturated carbocycles. The van der Waals surface area contributed by atoms with Crippen LogP contribution in [0, 0.1) is 0 Å². The maximum atomic E-state index is 13.3. The van der Waals surface area contributed by atoms with Crippen LogP contribution in [0.2, 0.25) is 0 Å². The molecule has 2 aliphatic heterocycles. The maximum absolute atomic E-state index is 13.3. The average Bonchev–Trinajstić information content (AvgIpc) is 3.42. The highest BCUT2D eigenvalue weighted by Crippen LogP contribution is 2.34. The van der Waals surface area contributed by atoms with E-state index in [9.17, 15) is 18.0 Å². The van der Waals surface area contributed by atoms with Crippen LogP contribution in [-0.4, -0.2) is 37.0 Å². The van der Waals surface area contributed by atoms with E-state index in [1.165, 1.54) is 11.8 Å². The molecule has 0 radical (unpaired) electrons. The summed E-state index contributed by atoms with van der Waals surface area (Å²) in [7, 11) is 0. The molecule has 0 bridgehead atoms. The lowest BCUT2D eigenvalue weighted by atomic mass is 10.1. The molecule has 4 heterocycles. The first kappa shape index (κ1) is 19.3. The SMILES string of the molecule is O=c1c2ccccc2nc(C2CCCN2Cc2cnn3c2CCC3)n1CC(F)(F)F. The highest BCUT2D eigenvalue weighted by molar-refractivity contribution is 5.77. The van der Waals surface area contributed by atoms with Gasteiger partial charge in [0.2, 0.25) is 0 Å². The number of alkyl halides is 3. The molecule has 1 unspecified atom stereocenters. The fourth-order valence-electron chi connectivity index (χ4n) is 4.76. The van der Waals surface area contributed by atoms with Gasteiger partial charge in [0.25, 0.3) is 5.56 Å². The molecule has 1 aromatic carbocycles. The topological polar surface area (TPSA) is 56.0 Å². The van der Waals surface area contributed by atoms with Crippen molar-refractivity contribution < 1.29 is 13.2 Å². The van der Waals surface area contributed by atoms with E-state index in [1.807, 2.05) is 10.9 Å². The number of likely N-dealkylation sites (tertiary alicyclic amines) is 1. The number of benzene rings is 1. The molecule has 158 valence electrons. The second-order valence-electron chi connectivity index (χ2n) is 8.07. The normalized spacial score (nSPS) is 19.6. The fourth-order valence-corrected chi connectivity index (χ4v) is 4.76. The molecule has 30 heavy (non-hydrogen) atoms. The largest absolute Gasteiger partial charge is 0.406 e. The van der Waals surface area contributed by atoms with Gasteiger partial charge in [0, 0.05) is 24.3 Å². The highest BCUT2D eigenvalue weighted by atomic mass is 19.4. The lowest BCUT2D eigenvalue weighted by Gasteiger charge is -2.27. The van der Waals surface area contributed by atoms with Gasteiger partial charge in [-0.15, -0.1) is 0 Å². The average molecular weight is 417 g/mol. The van der Waals surface area contributed by atoms with Crippen molar-refractivity contribution in [3.05, 3.63) is 57.9 Å². The zero-order valence-corrected chi connectivity index (χ0v) is 16.4. The van der Waals surface area contributed by atoms with Gasteiger partial charge in [-0.05, 0) is 44.4 Å². The Balaban J connectivity index is 1.56. The third-order valence-corrected chi connectivity index (χ3v) is 6.08. The number of aryl methyl sites for hydroxylation is 1. The van der Waals surface area contributed by atoms with Gasteiger partial charge in [-0.1, -0.05) is 12.1 Å². The van der Waals surface area contributed by atoms with Gasteiger partial charge in [-0.3, -0.25) is 18.9 Å². The summed E-state index contributed by atoms with van der Waals surface area (Å²) in [4.78, 5) is 19.6. The Morgan fingerprint density at radius 1 is 1.13 bits per heavy atom. The molecule has 0 aliphatic carbocycles. The van der Waals surface area contributed by atoms with Gasteiger partial charge >= 0.3 is 6.18 Å².